The summed E-state index contributed by atoms with van der Waals surface area (Å²) in [5.74, 6) is -0.785. The molecule has 1 N–H and O–H groups in total. The highest BCUT2D eigenvalue weighted by atomic mass is 19.4. The van der Waals surface area contributed by atoms with Crippen LogP contribution in [0.1, 0.15) is 17.5 Å². The van der Waals surface area contributed by atoms with Crippen LogP contribution in [0, 0.1) is 5.92 Å². The number of carbonyl (C=O) groups is 2. The lowest BCUT2D eigenvalue weighted by Crippen LogP contribution is -2.36. The van der Waals surface area contributed by atoms with E-state index in [2.05, 4.69) is 5.32 Å². The average Bonchev–Trinajstić information content (AvgIpc) is 2.93. The van der Waals surface area contributed by atoms with Gasteiger partial charge in [-0.15, -0.1) is 0 Å². The number of nitrogens with zero attached hydrogens (tertiary/aromatic N) is 2. The topological polar surface area (TPSA) is 52.6 Å². The van der Waals surface area contributed by atoms with Crippen molar-refractivity contribution in [1.29, 1.82) is 0 Å². The van der Waals surface area contributed by atoms with Crippen molar-refractivity contribution in [3.63, 3.8) is 0 Å². The summed E-state index contributed by atoms with van der Waals surface area (Å²) >= 11 is 0. The van der Waals surface area contributed by atoms with Gasteiger partial charge in [0.15, 0.2) is 0 Å². The van der Waals surface area contributed by atoms with Crippen LogP contribution in [0.3, 0.4) is 0 Å². The van der Waals surface area contributed by atoms with E-state index in [0.717, 1.165) is 6.07 Å². The highest BCUT2D eigenvalue weighted by Crippen LogP contribution is 2.31. The molecule has 0 aromatic heterocycles. The number of halogens is 3. The number of amides is 2. The number of benzene rings is 1. The standard InChI is InChI=1S/C18H24F3N3O2/c1-23(2)9-10-24-12-14(11-16(24)25)17(26)22-8-7-13-5-3-4-6-15(13)18(19,20)21/h3-6,14H,7-12H2,1-2H3,(H,22,26)/t14-/m1/s1. The number of alkyl halides is 3. The molecule has 8 heteroatoms. The third-order valence-corrected chi connectivity index (χ3v) is 4.42. The second-order valence-electron chi connectivity index (χ2n) is 6.74. The third kappa shape index (κ3) is 5.45. The minimum atomic E-state index is -4.41. The molecule has 1 saturated heterocycles. The molecule has 2 rings (SSSR count). The molecule has 0 aliphatic carbocycles. The van der Waals surface area contributed by atoms with Gasteiger partial charge in [0.2, 0.25) is 11.8 Å². The summed E-state index contributed by atoms with van der Waals surface area (Å²) in [6, 6.07) is 5.34. The first-order valence-electron chi connectivity index (χ1n) is 8.54. The summed E-state index contributed by atoms with van der Waals surface area (Å²) in [5.41, 5.74) is -0.532. The maximum Gasteiger partial charge on any atom is 0.416 e. The van der Waals surface area contributed by atoms with Gasteiger partial charge in [-0.1, -0.05) is 18.2 Å². The number of likely N-dealkylation sites (N-methyl/N-ethyl adjacent to an activating group) is 1. The van der Waals surface area contributed by atoms with Crippen LogP contribution in [0.15, 0.2) is 24.3 Å². The van der Waals surface area contributed by atoms with E-state index in [-0.39, 0.29) is 36.8 Å². The molecule has 1 aromatic carbocycles. The summed E-state index contributed by atoms with van der Waals surface area (Å²) in [7, 11) is 3.81. The number of rotatable bonds is 7. The van der Waals surface area contributed by atoms with Gasteiger partial charge < -0.3 is 15.1 Å². The van der Waals surface area contributed by atoms with Gasteiger partial charge >= 0.3 is 6.18 Å². The number of nitrogens with one attached hydrogen (secondary N) is 1. The number of hydrogen-bond donors (Lipinski definition) is 1. The second-order valence-corrected chi connectivity index (χ2v) is 6.74. The van der Waals surface area contributed by atoms with Crippen molar-refractivity contribution in [1.82, 2.24) is 15.1 Å². The predicted octanol–water partition coefficient (Wildman–Crippen LogP) is 1.77. The monoisotopic (exact) mass is 371 g/mol. The van der Waals surface area contributed by atoms with E-state index in [0.29, 0.717) is 19.6 Å². The van der Waals surface area contributed by atoms with Crippen molar-refractivity contribution in [3.05, 3.63) is 35.4 Å². The summed E-state index contributed by atoms with van der Waals surface area (Å²) in [5, 5.41) is 2.66. The van der Waals surface area contributed by atoms with E-state index in [9.17, 15) is 22.8 Å². The van der Waals surface area contributed by atoms with E-state index in [1.807, 2.05) is 19.0 Å². The van der Waals surface area contributed by atoms with Gasteiger partial charge in [-0.3, -0.25) is 9.59 Å². The summed E-state index contributed by atoms with van der Waals surface area (Å²) in [4.78, 5) is 27.8. The molecule has 1 aliphatic rings. The molecule has 1 fully saturated rings. The van der Waals surface area contributed by atoms with Crippen molar-refractivity contribution in [2.45, 2.75) is 19.0 Å². The Balaban J connectivity index is 1.84. The zero-order valence-corrected chi connectivity index (χ0v) is 15.0. The van der Waals surface area contributed by atoms with Crippen LogP contribution in [-0.4, -0.2) is 61.9 Å². The Kier molecular flexibility index (Phi) is 6.63. The molecule has 1 aliphatic heterocycles. The minimum absolute atomic E-state index is 0.0607. The molecule has 0 spiro atoms. The molecule has 0 saturated carbocycles. The molecule has 5 nitrogen and oxygen atoms in total. The first-order valence-corrected chi connectivity index (χ1v) is 8.54. The number of hydrogen-bond acceptors (Lipinski definition) is 3. The van der Waals surface area contributed by atoms with Crippen molar-refractivity contribution in [2.24, 2.45) is 5.92 Å². The molecule has 2 amide bonds. The lowest BCUT2D eigenvalue weighted by molar-refractivity contribution is -0.138. The predicted molar refractivity (Wildman–Crippen MR) is 91.4 cm³/mol. The van der Waals surface area contributed by atoms with Gasteiger partial charge in [0.25, 0.3) is 0 Å². The van der Waals surface area contributed by atoms with E-state index in [1.54, 1.807) is 11.0 Å². The van der Waals surface area contributed by atoms with E-state index >= 15 is 0 Å². The third-order valence-electron chi connectivity index (χ3n) is 4.42. The fourth-order valence-electron chi connectivity index (χ4n) is 2.96. The first-order chi connectivity index (χ1) is 12.2. The summed E-state index contributed by atoms with van der Waals surface area (Å²) in [6.07, 6.45) is -4.17. The summed E-state index contributed by atoms with van der Waals surface area (Å²) in [6.45, 7) is 1.74. The van der Waals surface area contributed by atoms with Crippen LogP contribution in [-0.2, 0) is 22.2 Å². The Bertz CT molecular complexity index is 647. The van der Waals surface area contributed by atoms with Crippen molar-refractivity contribution in [3.8, 4) is 0 Å². The average molecular weight is 371 g/mol. The number of likely N-dealkylation sites (tertiary alicyclic amines) is 1. The minimum Gasteiger partial charge on any atom is -0.355 e. The molecular weight excluding hydrogens is 347 g/mol. The highest BCUT2D eigenvalue weighted by Gasteiger charge is 2.34. The molecule has 26 heavy (non-hydrogen) atoms. The maximum atomic E-state index is 13.0. The van der Waals surface area contributed by atoms with Crippen LogP contribution in [0.4, 0.5) is 13.2 Å². The lowest BCUT2D eigenvalue weighted by atomic mass is 10.0. The molecule has 0 unspecified atom stereocenters. The molecular formula is C18H24F3N3O2. The van der Waals surface area contributed by atoms with E-state index in [1.165, 1.54) is 12.1 Å². The van der Waals surface area contributed by atoms with Gasteiger partial charge in [-0.05, 0) is 32.1 Å². The number of carbonyl (C=O) groups excluding carboxylic acids is 2. The molecule has 144 valence electrons. The van der Waals surface area contributed by atoms with Crippen LogP contribution >= 0.6 is 0 Å². The van der Waals surface area contributed by atoms with Crippen LogP contribution < -0.4 is 5.32 Å². The molecule has 1 heterocycles. The van der Waals surface area contributed by atoms with Crippen LogP contribution in [0.5, 0.6) is 0 Å². The fourth-order valence-corrected chi connectivity index (χ4v) is 2.96. The van der Waals surface area contributed by atoms with Gasteiger partial charge in [-0.25, -0.2) is 0 Å². The molecule has 1 aromatic rings. The highest BCUT2D eigenvalue weighted by molar-refractivity contribution is 5.89. The largest absolute Gasteiger partial charge is 0.416 e. The first kappa shape index (κ1) is 20.2. The molecule has 0 radical (unpaired) electrons. The maximum absolute atomic E-state index is 13.0. The lowest BCUT2D eigenvalue weighted by Gasteiger charge is -2.19. The van der Waals surface area contributed by atoms with Crippen molar-refractivity contribution >= 4 is 11.8 Å². The zero-order chi connectivity index (χ0) is 19.3. The SMILES string of the molecule is CN(C)CCN1C[C@H](C(=O)NCCc2ccccc2C(F)(F)F)CC1=O. The normalized spacial score (nSPS) is 17.8. The Morgan fingerprint density at radius 1 is 1.31 bits per heavy atom. The summed E-state index contributed by atoms with van der Waals surface area (Å²) < 4.78 is 38.9. The second kappa shape index (κ2) is 8.53. The van der Waals surface area contributed by atoms with Crippen molar-refractivity contribution < 1.29 is 22.8 Å². The Morgan fingerprint density at radius 2 is 2.00 bits per heavy atom. The molecule has 0 bridgehead atoms. The van der Waals surface area contributed by atoms with Crippen LogP contribution in [0.2, 0.25) is 0 Å². The van der Waals surface area contributed by atoms with Gasteiger partial charge in [0.1, 0.15) is 0 Å². The van der Waals surface area contributed by atoms with Crippen molar-refractivity contribution in [2.75, 3.05) is 40.3 Å². The Hall–Kier alpha value is -2.09. The molecule has 1 atom stereocenters. The zero-order valence-electron chi connectivity index (χ0n) is 15.0. The quantitative estimate of drug-likeness (QED) is 0.795. The van der Waals surface area contributed by atoms with Crippen LogP contribution in [0.25, 0.3) is 0 Å². The van der Waals surface area contributed by atoms with E-state index < -0.39 is 17.7 Å². The smallest absolute Gasteiger partial charge is 0.355 e. The van der Waals surface area contributed by atoms with E-state index in [4.69, 9.17) is 0 Å². The Morgan fingerprint density at radius 3 is 2.65 bits per heavy atom. The van der Waals surface area contributed by atoms with Gasteiger partial charge in [0.05, 0.1) is 11.5 Å². The van der Waals surface area contributed by atoms with Gasteiger partial charge in [-0.2, -0.15) is 13.2 Å². The fraction of sp³-hybridized carbons (Fsp3) is 0.556. The van der Waals surface area contributed by atoms with Gasteiger partial charge in [0, 0.05) is 32.6 Å². The Labute approximate surface area is 151 Å².